The van der Waals surface area contributed by atoms with Gasteiger partial charge in [-0.25, -0.2) is 9.97 Å². The molecule has 0 atom stereocenters. The molecule has 0 aliphatic carbocycles. The Labute approximate surface area is 117 Å². The summed E-state index contributed by atoms with van der Waals surface area (Å²) in [7, 11) is 1.87. The van der Waals surface area contributed by atoms with Gasteiger partial charge in [-0.15, -0.1) is 0 Å². The standard InChI is InChI=1S/C14H17N5O/c1-9-7-10(2)17-14(16-9)19(3)12-6-4-5-11(8-12)13(15)18-20/h4-8,20H,1-3H3,(H2,15,18). The number of benzene rings is 1. The molecule has 104 valence electrons. The molecular formula is C14H17N5O. The minimum Gasteiger partial charge on any atom is -0.409 e. The lowest BCUT2D eigenvalue weighted by molar-refractivity contribution is 0.318. The monoisotopic (exact) mass is 271 g/mol. The van der Waals surface area contributed by atoms with Gasteiger partial charge < -0.3 is 15.8 Å². The molecule has 1 aromatic carbocycles. The third kappa shape index (κ3) is 2.85. The van der Waals surface area contributed by atoms with Crippen LogP contribution < -0.4 is 10.6 Å². The fourth-order valence-electron chi connectivity index (χ4n) is 1.90. The third-order valence-corrected chi connectivity index (χ3v) is 2.91. The first kappa shape index (κ1) is 13.8. The van der Waals surface area contributed by atoms with Crippen LogP contribution in [-0.4, -0.2) is 28.1 Å². The second kappa shape index (κ2) is 5.56. The Morgan fingerprint density at radius 1 is 1.20 bits per heavy atom. The van der Waals surface area contributed by atoms with Crippen molar-refractivity contribution >= 4 is 17.5 Å². The highest BCUT2D eigenvalue weighted by atomic mass is 16.4. The van der Waals surface area contributed by atoms with Crippen molar-refractivity contribution in [2.75, 3.05) is 11.9 Å². The Morgan fingerprint density at radius 3 is 2.45 bits per heavy atom. The Hall–Kier alpha value is -2.63. The first-order valence-electron chi connectivity index (χ1n) is 6.15. The van der Waals surface area contributed by atoms with Crippen LogP contribution in [0.5, 0.6) is 0 Å². The second-order valence-corrected chi connectivity index (χ2v) is 4.55. The Morgan fingerprint density at radius 2 is 1.85 bits per heavy atom. The lowest BCUT2D eigenvalue weighted by Crippen LogP contribution is -2.17. The molecule has 20 heavy (non-hydrogen) atoms. The SMILES string of the molecule is Cc1cc(C)nc(N(C)c2cccc(C(N)=NO)c2)n1. The number of oxime groups is 1. The zero-order valence-electron chi connectivity index (χ0n) is 11.7. The van der Waals surface area contributed by atoms with E-state index >= 15 is 0 Å². The molecule has 6 nitrogen and oxygen atoms in total. The summed E-state index contributed by atoms with van der Waals surface area (Å²) >= 11 is 0. The molecule has 0 fully saturated rings. The van der Waals surface area contributed by atoms with Crippen LogP contribution >= 0.6 is 0 Å². The smallest absolute Gasteiger partial charge is 0.230 e. The van der Waals surface area contributed by atoms with Crippen LogP contribution in [0.1, 0.15) is 17.0 Å². The average Bonchev–Trinajstić information content (AvgIpc) is 2.44. The summed E-state index contributed by atoms with van der Waals surface area (Å²) < 4.78 is 0. The van der Waals surface area contributed by atoms with Gasteiger partial charge in [0.2, 0.25) is 5.95 Å². The highest BCUT2D eigenvalue weighted by molar-refractivity contribution is 5.97. The Bertz CT molecular complexity index is 634. The molecule has 0 radical (unpaired) electrons. The number of amidine groups is 1. The molecular weight excluding hydrogens is 254 g/mol. The molecule has 0 saturated carbocycles. The molecule has 0 aliphatic rings. The summed E-state index contributed by atoms with van der Waals surface area (Å²) in [5.41, 5.74) is 8.92. The van der Waals surface area contributed by atoms with E-state index in [-0.39, 0.29) is 5.84 Å². The number of hydrogen-bond donors (Lipinski definition) is 2. The first-order valence-corrected chi connectivity index (χ1v) is 6.15. The molecule has 0 aliphatic heterocycles. The van der Waals surface area contributed by atoms with Crippen LogP contribution in [0.25, 0.3) is 0 Å². The van der Waals surface area contributed by atoms with E-state index in [1.54, 1.807) is 6.07 Å². The van der Waals surface area contributed by atoms with Gasteiger partial charge in [0.1, 0.15) is 0 Å². The molecule has 1 aromatic heterocycles. The van der Waals surface area contributed by atoms with Crippen molar-refractivity contribution in [3.63, 3.8) is 0 Å². The topological polar surface area (TPSA) is 87.6 Å². The maximum atomic E-state index is 8.73. The van der Waals surface area contributed by atoms with E-state index in [2.05, 4.69) is 15.1 Å². The summed E-state index contributed by atoms with van der Waals surface area (Å²) in [5, 5.41) is 11.7. The fraction of sp³-hybridized carbons (Fsp3) is 0.214. The summed E-state index contributed by atoms with van der Waals surface area (Å²) in [6.45, 7) is 3.86. The molecule has 1 heterocycles. The van der Waals surface area contributed by atoms with Gasteiger partial charge in [0, 0.05) is 29.7 Å². The van der Waals surface area contributed by atoms with Gasteiger partial charge in [0.05, 0.1) is 0 Å². The van der Waals surface area contributed by atoms with Gasteiger partial charge in [-0.2, -0.15) is 0 Å². The van der Waals surface area contributed by atoms with Crippen molar-refractivity contribution in [1.82, 2.24) is 9.97 Å². The second-order valence-electron chi connectivity index (χ2n) is 4.55. The summed E-state index contributed by atoms with van der Waals surface area (Å²) in [5.74, 6) is 0.681. The number of nitrogens with zero attached hydrogens (tertiary/aromatic N) is 4. The van der Waals surface area contributed by atoms with Crippen LogP contribution in [0, 0.1) is 13.8 Å². The lowest BCUT2D eigenvalue weighted by atomic mass is 10.2. The van der Waals surface area contributed by atoms with E-state index in [1.807, 2.05) is 50.1 Å². The number of anilines is 2. The van der Waals surface area contributed by atoms with Crippen molar-refractivity contribution in [2.45, 2.75) is 13.8 Å². The van der Waals surface area contributed by atoms with Crippen LogP contribution in [0.4, 0.5) is 11.6 Å². The van der Waals surface area contributed by atoms with Crippen LogP contribution in [0.3, 0.4) is 0 Å². The molecule has 0 unspecified atom stereocenters. The first-order chi connectivity index (χ1) is 9.51. The number of hydrogen-bond acceptors (Lipinski definition) is 5. The maximum absolute atomic E-state index is 8.73. The Balaban J connectivity index is 2.40. The van der Waals surface area contributed by atoms with E-state index in [0.29, 0.717) is 11.5 Å². The Kier molecular flexibility index (Phi) is 3.84. The van der Waals surface area contributed by atoms with E-state index < -0.39 is 0 Å². The fourth-order valence-corrected chi connectivity index (χ4v) is 1.90. The van der Waals surface area contributed by atoms with Gasteiger partial charge in [-0.1, -0.05) is 17.3 Å². The van der Waals surface area contributed by atoms with Gasteiger partial charge in [0.15, 0.2) is 5.84 Å². The minimum absolute atomic E-state index is 0.0709. The molecule has 0 saturated heterocycles. The molecule has 6 heteroatoms. The van der Waals surface area contributed by atoms with Gasteiger partial charge in [0.25, 0.3) is 0 Å². The van der Waals surface area contributed by atoms with Crippen molar-refractivity contribution in [1.29, 1.82) is 0 Å². The highest BCUT2D eigenvalue weighted by Gasteiger charge is 2.10. The van der Waals surface area contributed by atoms with Crippen molar-refractivity contribution in [2.24, 2.45) is 10.9 Å². The van der Waals surface area contributed by atoms with Crippen LogP contribution in [-0.2, 0) is 0 Å². The molecule has 2 rings (SSSR count). The largest absolute Gasteiger partial charge is 0.409 e. The van der Waals surface area contributed by atoms with Crippen molar-refractivity contribution in [3.05, 3.63) is 47.3 Å². The van der Waals surface area contributed by atoms with E-state index in [1.165, 1.54) is 0 Å². The number of aryl methyl sites for hydroxylation is 2. The maximum Gasteiger partial charge on any atom is 0.230 e. The molecule has 0 amide bonds. The quantitative estimate of drug-likeness (QED) is 0.385. The predicted molar refractivity (Wildman–Crippen MR) is 78.5 cm³/mol. The van der Waals surface area contributed by atoms with Crippen LogP contribution in [0.2, 0.25) is 0 Å². The number of rotatable bonds is 3. The number of aromatic nitrogens is 2. The highest BCUT2D eigenvalue weighted by Crippen LogP contribution is 2.21. The average molecular weight is 271 g/mol. The summed E-state index contributed by atoms with van der Waals surface area (Å²) in [4.78, 5) is 10.7. The normalized spacial score (nSPS) is 11.4. The zero-order valence-corrected chi connectivity index (χ0v) is 11.7. The van der Waals surface area contributed by atoms with E-state index in [0.717, 1.165) is 17.1 Å². The zero-order chi connectivity index (χ0) is 14.7. The van der Waals surface area contributed by atoms with Crippen molar-refractivity contribution in [3.8, 4) is 0 Å². The molecule has 0 spiro atoms. The molecule has 2 aromatic rings. The van der Waals surface area contributed by atoms with Crippen molar-refractivity contribution < 1.29 is 5.21 Å². The van der Waals surface area contributed by atoms with Crippen LogP contribution in [0.15, 0.2) is 35.5 Å². The summed E-state index contributed by atoms with van der Waals surface area (Å²) in [6, 6.07) is 9.26. The lowest BCUT2D eigenvalue weighted by Gasteiger charge is -2.18. The molecule has 0 bridgehead atoms. The summed E-state index contributed by atoms with van der Waals surface area (Å²) in [6.07, 6.45) is 0. The van der Waals surface area contributed by atoms with Gasteiger partial charge in [-0.05, 0) is 32.0 Å². The molecule has 3 N–H and O–H groups in total. The van der Waals surface area contributed by atoms with E-state index in [4.69, 9.17) is 10.9 Å². The van der Waals surface area contributed by atoms with Gasteiger partial charge in [-0.3, -0.25) is 0 Å². The van der Waals surface area contributed by atoms with Gasteiger partial charge >= 0.3 is 0 Å². The number of nitrogens with two attached hydrogens (primary N) is 1. The predicted octanol–water partition coefficient (Wildman–Crippen LogP) is 1.96. The third-order valence-electron chi connectivity index (χ3n) is 2.91. The minimum atomic E-state index is 0.0709. The van der Waals surface area contributed by atoms with E-state index in [9.17, 15) is 0 Å².